The Balaban J connectivity index is 1.40. The first-order valence-corrected chi connectivity index (χ1v) is 11.4. The molecule has 0 atom stereocenters. The number of hydrogen-bond acceptors (Lipinski definition) is 8. The highest BCUT2D eigenvalue weighted by molar-refractivity contribution is 8.76. The average molecular weight is 424 g/mol. The maximum Gasteiger partial charge on any atom is 0.158 e. The number of aryl methyl sites for hydroxylation is 1. The fourth-order valence-corrected chi connectivity index (χ4v) is 4.02. The average Bonchev–Trinajstić information content (AvgIpc) is 2.70. The fourth-order valence-electron chi connectivity index (χ4n) is 2.28. The van der Waals surface area contributed by atoms with Crippen molar-refractivity contribution in [2.24, 2.45) is 0 Å². The van der Waals surface area contributed by atoms with Crippen LogP contribution in [0.4, 0.5) is 0 Å². The van der Waals surface area contributed by atoms with E-state index in [1.54, 1.807) is 33.9 Å². The number of phenols is 2. The SMILES string of the molecule is O=C(CCCc1ccc(O)c(O)c1)COCCOCCSSc1ccccn1. The van der Waals surface area contributed by atoms with E-state index in [1.165, 1.54) is 12.1 Å². The number of benzene rings is 1. The van der Waals surface area contributed by atoms with Crippen LogP contribution in [0, 0.1) is 0 Å². The van der Waals surface area contributed by atoms with E-state index in [-0.39, 0.29) is 23.9 Å². The molecule has 1 heterocycles. The topological polar surface area (TPSA) is 88.9 Å². The van der Waals surface area contributed by atoms with Gasteiger partial charge in [0.2, 0.25) is 0 Å². The van der Waals surface area contributed by atoms with Gasteiger partial charge in [0.05, 0.1) is 19.8 Å². The Morgan fingerprint density at radius 2 is 1.89 bits per heavy atom. The van der Waals surface area contributed by atoms with Crippen molar-refractivity contribution in [3.05, 3.63) is 48.2 Å². The lowest BCUT2D eigenvalue weighted by atomic mass is 10.1. The van der Waals surface area contributed by atoms with Crippen molar-refractivity contribution in [3.8, 4) is 11.5 Å². The summed E-state index contributed by atoms with van der Waals surface area (Å²) in [7, 11) is 3.31. The van der Waals surface area contributed by atoms with Crippen LogP contribution in [0.3, 0.4) is 0 Å². The summed E-state index contributed by atoms with van der Waals surface area (Å²) in [4.78, 5) is 16.0. The second-order valence-corrected chi connectivity index (χ2v) is 8.39. The van der Waals surface area contributed by atoms with Gasteiger partial charge in [-0.1, -0.05) is 22.9 Å². The predicted molar refractivity (Wildman–Crippen MR) is 112 cm³/mol. The van der Waals surface area contributed by atoms with Crippen LogP contribution in [0.25, 0.3) is 0 Å². The zero-order valence-electron chi connectivity index (χ0n) is 15.6. The lowest BCUT2D eigenvalue weighted by Gasteiger charge is -2.06. The first-order chi connectivity index (χ1) is 13.6. The van der Waals surface area contributed by atoms with Gasteiger partial charge in [-0.2, -0.15) is 0 Å². The van der Waals surface area contributed by atoms with Crippen molar-refractivity contribution >= 4 is 27.4 Å². The predicted octanol–water partition coefficient (Wildman–Crippen LogP) is 3.86. The molecule has 0 radical (unpaired) electrons. The molecule has 0 aliphatic rings. The van der Waals surface area contributed by atoms with Crippen molar-refractivity contribution in [2.75, 3.05) is 32.2 Å². The Bertz CT molecular complexity index is 715. The maximum absolute atomic E-state index is 11.8. The summed E-state index contributed by atoms with van der Waals surface area (Å²) >= 11 is 0. The largest absolute Gasteiger partial charge is 0.504 e. The minimum atomic E-state index is -0.138. The third kappa shape index (κ3) is 9.45. The molecule has 0 saturated heterocycles. The highest BCUT2D eigenvalue weighted by Gasteiger charge is 2.05. The molecule has 2 N–H and O–H groups in total. The van der Waals surface area contributed by atoms with E-state index in [0.717, 1.165) is 16.3 Å². The van der Waals surface area contributed by atoms with Crippen molar-refractivity contribution in [1.82, 2.24) is 4.98 Å². The number of pyridine rings is 1. The van der Waals surface area contributed by atoms with Crippen LogP contribution in [0.1, 0.15) is 18.4 Å². The summed E-state index contributed by atoms with van der Waals surface area (Å²) in [5, 5.41) is 19.7. The van der Waals surface area contributed by atoms with E-state index in [9.17, 15) is 15.0 Å². The molecule has 8 heteroatoms. The standard InChI is InChI=1S/C20H25NO5S2/c22-17(5-3-4-16-7-8-18(23)19(24)14-16)15-26-11-10-25-12-13-27-28-20-6-1-2-9-21-20/h1-2,6-9,14,23-24H,3-5,10-13,15H2. The van der Waals surface area contributed by atoms with Gasteiger partial charge in [0, 0.05) is 18.4 Å². The molecule has 0 amide bonds. The molecule has 6 nitrogen and oxygen atoms in total. The highest BCUT2D eigenvalue weighted by Crippen LogP contribution is 2.28. The van der Waals surface area contributed by atoms with E-state index in [0.29, 0.717) is 39.1 Å². The monoisotopic (exact) mass is 423 g/mol. The van der Waals surface area contributed by atoms with Gasteiger partial charge in [-0.3, -0.25) is 4.79 Å². The van der Waals surface area contributed by atoms with Gasteiger partial charge in [0.15, 0.2) is 17.3 Å². The molecule has 0 bridgehead atoms. The molecular weight excluding hydrogens is 398 g/mol. The minimum Gasteiger partial charge on any atom is -0.504 e. The molecule has 0 aliphatic heterocycles. The molecule has 0 fully saturated rings. The van der Waals surface area contributed by atoms with Crippen molar-refractivity contribution < 1.29 is 24.5 Å². The number of Topliss-reactive ketones (excluding diaryl/α,β-unsaturated/α-hetero) is 1. The van der Waals surface area contributed by atoms with E-state index in [1.807, 2.05) is 18.2 Å². The number of carbonyl (C=O) groups is 1. The van der Waals surface area contributed by atoms with Crippen LogP contribution in [0.5, 0.6) is 11.5 Å². The van der Waals surface area contributed by atoms with E-state index >= 15 is 0 Å². The molecule has 28 heavy (non-hydrogen) atoms. The number of carbonyl (C=O) groups excluding carboxylic acids is 1. The Hall–Kier alpha value is -1.74. The van der Waals surface area contributed by atoms with Crippen LogP contribution < -0.4 is 0 Å². The molecule has 1 aromatic carbocycles. The zero-order chi connectivity index (χ0) is 20.0. The molecule has 2 rings (SSSR count). The molecule has 152 valence electrons. The molecule has 0 aliphatic carbocycles. The van der Waals surface area contributed by atoms with Gasteiger partial charge in [0.1, 0.15) is 11.6 Å². The number of hydrogen-bond donors (Lipinski definition) is 2. The first-order valence-electron chi connectivity index (χ1n) is 9.03. The van der Waals surface area contributed by atoms with Crippen LogP contribution in [0.2, 0.25) is 0 Å². The molecule has 0 saturated carbocycles. The second kappa shape index (κ2) is 13.4. The van der Waals surface area contributed by atoms with Crippen molar-refractivity contribution in [3.63, 3.8) is 0 Å². The lowest BCUT2D eigenvalue weighted by molar-refractivity contribution is -0.124. The number of nitrogens with zero attached hydrogens (tertiary/aromatic N) is 1. The van der Waals surface area contributed by atoms with E-state index in [2.05, 4.69) is 4.98 Å². The van der Waals surface area contributed by atoms with Crippen LogP contribution in [0.15, 0.2) is 47.6 Å². The molecular formula is C20H25NO5S2. The van der Waals surface area contributed by atoms with E-state index in [4.69, 9.17) is 9.47 Å². The second-order valence-electron chi connectivity index (χ2n) is 5.95. The van der Waals surface area contributed by atoms with Gasteiger partial charge in [-0.05, 0) is 53.5 Å². The third-order valence-electron chi connectivity index (χ3n) is 3.69. The number of ketones is 1. The van der Waals surface area contributed by atoms with Crippen molar-refractivity contribution in [2.45, 2.75) is 24.3 Å². The smallest absolute Gasteiger partial charge is 0.158 e. The molecule has 2 aromatic rings. The van der Waals surface area contributed by atoms with Gasteiger partial charge in [0.25, 0.3) is 0 Å². The van der Waals surface area contributed by atoms with Crippen LogP contribution in [-0.2, 0) is 20.7 Å². The molecule has 0 spiro atoms. The molecule has 0 unspecified atom stereocenters. The number of aromatic hydroxyl groups is 2. The van der Waals surface area contributed by atoms with E-state index < -0.39 is 0 Å². The summed E-state index contributed by atoms with van der Waals surface area (Å²) in [5.41, 5.74) is 0.886. The zero-order valence-corrected chi connectivity index (χ0v) is 17.2. The Morgan fingerprint density at radius 1 is 1.04 bits per heavy atom. The normalized spacial score (nSPS) is 10.9. The Morgan fingerprint density at radius 3 is 2.68 bits per heavy atom. The highest BCUT2D eigenvalue weighted by atomic mass is 33.1. The minimum absolute atomic E-state index is 0.0466. The van der Waals surface area contributed by atoms with Crippen molar-refractivity contribution in [1.29, 1.82) is 0 Å². The Labute approximate surface area is 173 Å². The number of ether oxygens (including phenoxy) is 2. The number of rotatable bonds is 14. The maximum atomic E-state index is 11.8. The van der Waals surface area contributed by atoms with Crippen LogP contribution in [-0.4, -0.2) is 53.2 Å². The first kappa shape index (κ1) is 22.5. The van der Waals surface area contributed by atoms with Gasteiger partial charge < -0.3 is 19.7 Å². The van der Waals surface area contributed by atoms with Gasteiger partial charge in [-0.25, -0.2) is 4.98 Å². The third-order valence-corrected chi connectivity index (χ3v) is 5.92. The summed E-state index contributed by atoms with van der Waals surface area (Å²) in [5.74, 6) is 0.625. The van der Waals surface area contributed by atoms with Gasteiger partial charge >= 0.3 is 0 Å². The summed E-state index contributed by atoms with van der Waals surface area (Å²) in [6, 6.07) is 10.5. The summed E-state index contributed by atoms with van der Waals surface area (Å²) in [6.07, 6.45) is 3.53. The number of phenolic OH excluding ortho intramolecular Hbond substituents is 2. The fraction of sp³-hybridized carbons (Fsp3) is 0.400. The van der Waals surface area contributed by atoms with Crippen LogP contribution >= 0.6 is 21.6 Å². The quantitative estimate of drug-likeness (QED) is 0.269. The molecule has 1 aromatic heterocycles. The summed E-state index contributed by atoms with van der Waals surface area (Å²) in [6.45, 7) is 1.58. The lowest BCUT2D eigenvalue weighted by Crippen LogP contribution is -2.13. The Kier molecular flexibility index (Phi) is 10.8. The van der Waals surface area contributed by atoms with Gasteiger partial charge in [-0.15, -0.1) is 0 Å². The number of aromatic nitrogens is 1. The summed E-state index contributed by atoms with van der Waals surface area (Å²) < 4.78 is 10.8.